The zero-order chi connectivity index (χ0) is 14.6. The highest BCUT2D eigenvalue weighted by molar-refractivity contribution is 5.71. The van der Waals surface area contributed by atoms with E-state index in [9.17, 15) is 9.59 Å². The van der Waals surface area contributed by atoms with Crippen LogP contribution >= 0.6 is 0 Å². The molecule has 0 heterocycles. The van der Waals surface area contributed by atoms with Gasteiger partial charge in [-0.1, -0.05) is 0 Å². The molecular formula is C8H16O9. The first-order valence-electron chi connectivity index (χ1n) is 4.20. The summed E-state index contributed by atoms with van der Waals surface area (Å²) >= 11 is 0. The average molecular weight is 256 g/mol. The van der Waals surface area contributed by atoms with Crippen molar-refractivity contribution in [2.45, 2.75) is 26.1 Å². The zero-order valence-corrected chi connectivity index (χ0v) is 9.27. The molecule has 0 aromatic rings. The van der Waals surface area contributed by atoms with Gasteiger partial charge >= 0.3 is 17.9 Å². The van der Waals surface area contributed by atoms with Crippen LogP contribution in [0.1, 0.15) is 13.8 Å². The molecule has 0 aromatic carbocycles. The second-order valence-electron chi connectivity index (χ2n) is 2.58. The molecule has 9 nitrogen and oxygen atoms in total. The van der Waals surface area contributed by atoms with Crippen LogP contribution in [0.25, 0.3) is 0 Å². The van der Waals surface area contributed by atoms with Crippen molar-refractivity contribution in [3.8, 4) is 0 Å². The van der Waals surface area contributed by atoms with E-state index in [4.69, 9.17) is 35.4 Å². The van der Waals surface area contributed by atoms with Crippen molar-refractivity contribution in [3.63, 3.8) is 0 Å². The van der Waals surface area contributed by atoms with Crippen LogP contribution in [-0.4, -0.2) is 67.4 Å². The number of aliphatic hydroxyl groups excluding tert-OH is 3. The van der Waals surface area contributed by atoms with Crippen molar-refractivity contribution in [2.75, 3.05) is 6.61 Å². The maximum absolute atomic E-state index is 9.45. The minimum Gasteiger partial charge on any atom is -0.480 e. The minimum atomic E-state index is -1.23. The number of carboxylic acids is 3. The third-order valence-corrected chi connectivity index (χ3v) is 0.850. The summed E-state index contributed by atoms with van der Waals surface area (Å²) in [6.45, 7) is 1.62. The van der Waals surface area contributed by atoms with Gasteiger partial charge in [-0.3, -0.25) is 0 Å². The Bertz CT molecular complexity index is 215. The Morgan fingerprint density at radius 3 is 1.00 bits per heavy atom. The molecule has 0 amide bonds. The normalized spacial score (nSPS) is 11.8. The van der Waals surface area contributed by atoms with E-state index in [1.165, 1.54) is 13.8 Å². The second kappa shape index (κ2) is 12.4. The van der Waals surface area contributed by atoms with Gasteiger partial charge in [-0.2, -0.15) is 0 Å². The molecule has 102 valence electrons. The van der Waals surface area contributed by atoms with E-state index in [0.717, 1.165) is 0 Å². The van der Waals surface area contributed by atoms with Crippen LogP contribution in [0.3, 0.4) is 0 Å². The van der Waals surface area contributed by atoms with Crippen molar-refractivity contribution in [1.82, 2.24) is 0 Å². The zero-order valence-electron chi connectivity index (χ0n) is 9.27. The monoisotopic (exact) mass is 256 g/mol. The highest BCUT2D eigenvalue weighted by atomic mass is 16.4. The van der Waals surface area contributed by atoms with Gasteiger partial charge in [-0.05, 0) is 13.8 Å². The van der Waals surface area contributed by atoms with E-state index >= 15 is 0 Å². The first kappa shape index (κ1) is 20.7. The summed E-state index contributed by atoms with van der Waals surface area (Å²) in [5.41, 5.74) is 0. The lowest BCUT2D eigenvalue weighted by molar-refractivity contribution is -0.146. The Morgan fingerprint density at radius 1 is 0.882 bits per heavy atom. The molecule has 0 aromatic heterocycles. The van der Waals surface area contributed by atoms with Crippen LogP contribution in [0.2, 0.25) is 0 Å². The Labute approximate surface area is 96.6 Å². The lowest BCUT2D eigenvalue weighted by Gasteiger charge is -1.89. The smallest absolute Gasteiger partial charge is 0.332 e. The predicted molar refractivity (Wildman–Crippen MR) is 53.4 cm³/mol. The summed E-state index contributed by atoms with van der Waals surface area (Å²) in [5, 5.41) is 46.6. The molecule has 0 spiro atoms. The topological polar surface area (TPSA) is 173 Å². The lowest BCUT2D eigenvalue weighted by Crippen LogP contribution is -2.13. The van der Waals surface area contributed by atoms with Gasteiger partial charge in [-0.25, -0.2) is 14.4 Å². The molecule has 0 fully saturated rings. The maximum atomic E-state index is 9.45. The molecule has 6 N–H and O–H groups in total. The fraction of sp³-hybridized carbons (Fsp3) is 0.625. The van der Waals surface area contributed by atoms with E-state index in [2.05, 4.69) is 0 Å². The Kier molecular flexibility index (Phi) is 15.0. The summed E-state index contributed by atoms with van der Waals surface area (Å²) in [6.07, 6.45) is -2.46. The second-order valence-corrected chi connectivity index (χ2v) is 2.58. The van der Waals surface area contributed by atoms with E-state index in [1.54, 1.807) is 0 Å². The molecule has 0 aliphatic carbocycles. The molecule has 0 aliphatic rings. The summed E-state index contributed by atoms with van der Waals surface area (Å²) in [4.78, 5) is 28.0. The summed E-state index contributed by atoms with van der Waals surface area (Å²) < 4.78 is 0. The van der Waals surface area contributed by atoms with Crippen LogP contribution < -0.4 is 0 Å². The quantitative estimate of drug-likeness (QED) is 0.332. The number of hydrogen-bond donors (Lipinski definition) is 6. The fourth-order valence-corrected chi connectivity index (χ4v) is 0. The highest BCUT2D eigenvalue weighted by Crippen LogP contribution is 1.73. The number of aliphatic hydroxyl groups is 3. The van der Waals surface area contributed by atoms with Gasteiger partial charge in [0, 0.05) is 0 Å². The van der Waals surface area contributed by atoms with Crippen LogP contribution in [0, 0.1) is 0 Å². The standard InChI is InChI=1S/2C3H6O3.C2H4O3/c2*1-2(4)3(5)6;3-1-2(4)5/h2*2,4H,1H3,(H,5,6);3H,1H2,(H,4,5). The van der Waals surface area contributed by atoms with Crippen molar-refractivity contribution < 1.29 is 45.0 Å². The van der Waals surface area contributed by atoms with E-state index in [1.807, 2.05) is 0 Å². The lowest BCUT2D eigenvalue weighted by atomic mass is 10.4. The van der Waals surface area contributed by atoms with Gasteiger partial charge in [-0.15, -0.1) is 0 Å². The molecule has 0 rings (SSSR count). The number of rotatable bonds is 3. The van der Waals surface area contributed by atoms with Crippen LogP contribution in [-0.2, 0) is 14.4 Å². The van der Waals surface area contributed by atoms with Gasteiger partial charge in [0.05, 0.1) is 0 Å². The van der Waals surface area contributed by atoms with Crippen LogP contribution in [0.4, 0.5) is 0 Å². The Balaban J connectivity index is -0.000000174. The van der Waals surface area contributed by atoms with Crippen molar-refractivity contribution in [1.29, 1.82) is 0 Å². The van der Waals surface area contributed by atoms with Gasteiger partial charge in [0.15, 0.2) is 0 Å². The number of hydrogen-bond acceptors (Lipinski definition) is 6. The van der Waals surface area contributed by atoms with Crippen molar-refractivity contribution in [2.24, 2.45) is 0 Å². The predicted octanol–water partition coefficient (Wildman–Crippen LogP) is -2.03. The molecule has 0 radical (unpaired) electrons. The molecule has 2 atom stereocenters. The fourth-order valence-electron chi connectivity index (χ4n) is 0. The van der Waals surface area contributed by atoms with Crippen LogP contribution in [0.5, 0.6) is 0 Å². The average Bonchev–Trinajstić information content (AvgIpc) is 2.19. The van der Waals surface area contributed by atoms with E-state index in [-0.39, 0.29) is 0 Å². The molecule has 0 bridgehead atoms. The minimum absolute atomic E-state index is 0.778. The summed E-state index contributed by atoms with van der Waals surface area (Å²) in [6, 6.07) is 0. The number of carbonyl (C=O) groups is 3. The molecule has 17 heavy (non-hydrogen) atoms. The molecule has 2 unspecified atom stereocenters. The van der Waals surface area contributed by atoms with Gasteiger partial charge in [0.2, 0.25) is 0 Å². The summed E-state index contributed by atoms with van der Waals surface area (Å²) in [7, 11) is 0. The molecule has 0 aliphatic heterocycles. The third kappa shape index (κ3) is 31.4. The molecular weight excluding hydrogens is 240 g/mol. The van der Waals surface area contributed by atoms with Crippen molar-refractivity contribution >= 4 is 17.9 Å². The Morgan fingerprint density at radius 2 is 1.00 bits per heavy atom. The van der Waals surface area contributed by atoms with Gasteiger partial charge in [0.25, 0.3) is 0 Å². The first-order chi connectivity index (χ1) is 7.56. The SMILES string of the molecule is CC(O)C(=O)O.CC(O)C(=O)O.O=C(O)CO. The van der Waals surface area contributed by atoms with E-state index < -0.39 is 36.7 Å². The molecule has 9 heteroatoms. The maximum Gasteiger partial charge on any atom is 0.332 e. The molecule has 0 saturated carbocycles. The van der Waals surface area contributed by atoms with Gasteiger partial charge < -0.3 is 30.6 Å². The first-order valence-corrected chi connectivity index (χ1v) is 4.20. The summed E-state index contributed by atoms with van der Waals surface area (Å²) in [5.74, 6) is -3.56. The largest absolute Gasteiger partial charge is 0.480 e. The van der Waals surface area contributed by atoms with Crippen LogP contribution in [0.15, 0.2) is 0 Å². The number of carboxylic acid groups (broad SMARTS) is 3. The Hall–Kier alpha value is -1.71. The van der Waals surface area contributed by atoms with Gasteiger partial charge in [0.1, 0.15) is 18.8 Å². The third-order valence-electron chi connectivity index (χ3n) is 0.850. The molecule has 0 saturated heterocycles. The van der Waals surface area contributed by atoms with E-state index in [0.29, 0.717) is 0 Å². The number of aliphatic carboxylic acids is 3. The highest BCUT2D eigenvalue weighted by Gasteiger charge is 2.01. The van der Waals surface area contributed by atoms with Crippen molar-refractivity contribution in [3.05, 3.63) is 0 Å².